The van der Waals surface area contributed by atoms with Gasteiger partial charge in [-0.2, -0.15) is 5.10 Å². The minimum atomic E-state index is 0.554. The van der Waals surface area contributed by atoms with Crippen LogP contribution in [0.25, 0.3) is 0 Å². The third-order valence-electron chi connectivity index (χ3n) is 4.61. The maximum atomic E-state index is 5.94. The van der Waals surface area contributed by atoms with Gasteiger partial charge in [0, 0.05) is 43.5 Å². The van der Waals surface area contributed by atoms with E-state index in [-0.39, 0.29) is 0 Å². The van der Waals surface area contributed by atoms with E-state index in [0.29, 0.717) is 19.7 Å². The fourth-order valence-corrected chi connectivity index (χ4v) is 2.86. The van der Waals surface area contributed by atoms with E-state index < -0.39 is 0 Å². The highest BCUT2D eigenvalue weighted by Gasteiger charge is 2.10. The van der Waals surface area contributed by atoms with Crippen LogP contribution in [0, 0.1) is 13.8 Å². The summed E-state index contributed by atoms with van der Waals surface area (Å²) in [6.07, 6.45) is 0. The molecule has 2 rings (SSSR count). The highest BCUT2D eigenvalue weighted by Crippen LogP contribution is 2.19. The second-order valence-electron chi connectivity index (χ2n) is 7.08. The van der Waals surface area contributed by atoms with E-state index in [1.807, 2.05) is 50.9 Å². The summed E-state index contributed by atoms with van der Waals surface area (Å²) in [6, 6.07) is 8.08. The Kier molecular flexibility index (Phi) is 8.32. The Balaban J connectivity index is 2.04. The fourth-order valence-electron chi connectivity index (χ4n) is 2.86. The number of aryl methyl sites for hydroxylation is 2. The normalized spacial score (nSPS) is 11.8. The zero-order chi connectivity index (χ0) is 20.5. The van der Waals surface area contributed by atoms with Gasteiger partial charge in [0.15, 0.2) is 5.96 Å². The lowest BCUT2D eigenvalue weighted by molar-refractivity contribution is 0.259. The number of para-hydroxylation sites is 1. The van der Waals surface area contributed by atoms with Gasteiger partial charge in [0.25, 0.3) is 0 Å². The number of nitrogens with zero attached hydrogens (tertiary/aromatic N) is 4. The van der Waals surface area contributed by atoms with Crippen LogP contribution in [0.2, 0.25) is 0 Å². The number of likely N-dealkylation sites (N-methyl/N-ethyl adjacent to an activating group) is 1. The van der Waals surface area contributed by atoms with E-state index in [9.17, 15) is 0 Å². The highest BCUT2D eigenvalue weighted by atomic mass is 16.5. The Morgan fingerprint density at radius 2 is 1.96 bits per heavy atom. The molecule has 28 heavy (non-hydrogen) atoms. The highest BCUT2D eigenvalue weighted by molar-refractivity contribution is 5.79. The topological polar surface area (TPSA) is 66.7 Å². The lowest BCUT2D eigenvalue weighted by Gasteiger charge is -2.14. The van der Waals surface area contributed by atoms with Crippen LogP contribution in [0.3, 0.4) is 0 Å². The molecule has 2 N–H and O–H groups in total. The van der Waals surface area contributed by atoms with Gasteiger partial charge in [-0.1, -0.05) is 18.2 Å². The number of benzene rings is 1. The van der Waals surface area contributed by atoms with Crippen LogP contribution in [-0.2, 0) is 20.1 Å². The predicted octanol–water partition coefficient (Wildman–Crippen LogP) is 2.23. The van der Waals surface area contributed by atoms with Crippen molar-refractivity contribution in [1.82, 2.24) is 25.3 Å². The molecule has 0 radical (unpaired) electrons. The lowest BCUT2D eigenvalue weighted by Crippen LogP contribution is -2.37. The minimum absolute atomic E-state index is 0.554. The Labute approximate surface area is 168 Å². The average Bonchev–Trinajstić information content (AvgIpc) is 2.90. The molecule has 2 aromatic rings. The molecule has 0 spiro atoms. The largest absolute Gasteiger partial charge is 0.492 e. The van der Waals surface area contributed by atoms with Crippen LogP contribution in [0.4, 0.5) is 0 Å². The first-order valence-corrected chi connectivity index (χ1v) is 9.79. The van der Waals surface area contributed by atoms with Gasteiger partial charge in [-0.3, -0.25) is 4.68 Å². The van der Waals surface area contributed by atoms with Crippen molar-refractivity contribution in [2.24, 2.45) is 12.0 Å². The molecule has 7 heteroatoms. The van der Waals surface area contributed by atoms with E-state index in [1.54, 1.807) is 0 Å². The van der Waals surface area contributed by atoms with E-state index in [4.69, 9.17) is 9.73 Å². The molecule has 0 bridgehead atoms. The summed E-state index contributed by atoms with van der Waals surface area (Å²) in [5.41, 5.74) is 4.50. The second-order valence-corrected chi connectivity index (χ2v) is 7.08. The maximum absolute atomic E-state index is 5.94. The summed E-state index contributed by atoms with van der Waals surface area (Å²) in [5, 5.41) is 11.2. The van der Waals surface area contributed by atoms with Crippen molar-refractivity contribution in [2.75, 3.05) is 33.8 Å². The summed E-state index contributed by atoms with van der Waals surface area (Å²) in [6.45, 7) is 9.78. The van der Waals surface area contributed by atoms with Crippen LogP contribution in [0.5, 0.6) is 5.75 Å². The molecule has 0 aliphatic rings. The van der Waals surface area contributed by atoms with E-state index in [1.165, 1.54) is 11.3 Å². The first kappa shape index (κ1) is 21.8. The van der Waals surface area contributed by atoms with E-state index in [0.717, 1.165) is 36.1 Å². The zero-order valence-corrected chi connectivity index (χ0v) is 18.0. The fraction of sp³-hybridized carbons (Fsp3) is 0.524. The van der Waals surface area contributed by atoms with E-state index >= 15 is 0 Å². The molecule has 7 nitrogen and oxygen atoms in total. The molecule has 0 atom stereocenters. The van der Waals surface area contributed by atoms with Crippen molar-refractivity contribution in [1.29, 1.82) is 0 Å². The van der Waals surface area contributed by atoms with Gasteiger partial charge in [-0.15, -0.1) is 0 Å². The summed E-state index contributed by atoms with van der Waals surface area (Å²) in [4.78, 5) is 6.85. The Morgan fingerprint density at radius 3 is 2.61 bits per heavy atom. The quantitative estimate of drug-likeness (QED) is 0.511. The second kappa shape index (κ2) is 10.7. The number of hydrogen-bond donors (Lipinski definition) is 2. The van der Waals surface area contributed by atoms with Crippen LogP contribution >= 0.6 is 0 Å². The molecule has 0 aliphatic carbocycles. The monoisotopic (exact) mass is 386 g/mol. The summed E-state index contributed by atoms with van der Waals surface area (Å²) < 4.78 is 7.86. The van der Waals surface area contributed by atoms with Crippen molar-refractivity contribution in [2.45, 2.75) is 33.9 Å². The molecule has 154 valence electrons. The van der Waals surface area contributed by atoms with Crippen LogP contribution in [0.1, 0.15) is 29.4 Å². The molecule has 0 fully saturated rings. The van der Waals surface area contributed by atoms with Gasteiger partial charge in [-0.25, -0.2) is 4.99 Å². The predicted molar refractivity (Wildman–Crippen MR) is 115 cm³/mol. The van der Waals surface area contributed by atoms with Crippen LogP contribution in [-0.4, -0.2) is 54.4 Å². The van der Waals surface area contributed by atoms with Crippen LogP contribution in [0.15, 0.2) is 29.3 Å². The summed E-state index contributed by atoms with van der Waals surface area (Å²) in [7, 11) is 6.05. The third kappa shape index (κ3) is 6.27. The molecule has 0 aliphatic heterocycles. The van der Waals surface area contributed by atoms with Gasteiger partial charge in [0.1, 0.15) is 12.4 Å². The molecular formula is C21H34N6O. The SMILES string of the molecule is CCNC(=NCc1ccccc1OCCN(C)C)NCc1c(C)nn(C)c1C. The van der Waals surface area contributed by atoms with Gasteiger partial charge >= 0.3 is 0 Å². The number of guanidine groups is 1. The number of hydrogen-bond acceptors (Lipinski definition) is 4. The standard InChI is InChI=1S/C21H34N6O/c1-7-22-21(24-15-19-16(2)25-27(6)17(19)3)23-14-18-10-8-9-11-20(18)28-13-12-26(4)5/h8-11H,7,12-15H2,1-6H3,(H2,22,23,24). The number of aromatic nitrogens is 2. The van der Waals surface area contributed by atoms with E-state index in [2.05, 4.69) is 40.5 Å². The Hall–Kier alpha value is -2.54. The molecular weight excluding hydrogens is 352 g/mol. The molecule has 0 saturated heterocycles. The number of rotatable bonds is 9. The molecule has 0 unspecified atom stereocenters. The van der Waals surface area contributed by atoms with Crippen molar-refractivity contribution in [3.05, 3.63) is 46.8 Å². The van der Waals surface area contributed by atoms with Gasteiger partial charge in [0.05, 0.1) is 12.2 Å². The molecule has 1 heterocycles. The third-order valence-corrected chi connectivity index (χ3v) is 4.61. The lowest BCUT2D eigenvalue weighted by atomic mass is 10.2. The molecule has 0 saturated carbocycles. The Morgan fingerprint density at radius 1 is 1.21 bits per heavy atom. The zero-order valence-electron chi connectivity index (χ0n) is 18.0. The van der Waals surface area contributed by atoms with Crippen molar-refractivity contribution in [3.8, 4) is 5.75 Å². The molecule has 0 amide bonds. The average molecular weight is 387 g/mol. The number of ether oxygens (including phenoxy) is 1. The summed E-state index contributed by atoms with van der Waals surface area (Å²) >= 11 is 0. The smallest absolute Gasteiger partial charge is 0.191 e. The van der Waals surface area contributed by atoms with Gasteiger partial charge in [-0.05, 0) is 40.9 Å². The first-order valence-electron chi connectivity index (χ1n) is 9.79. The minimum Gasteiger partial charge on any atom is -0.492 e. The maximum Gasteiger partial charge on any atom is 0.191 e. The first-order chi connectivity index (χ1) is 13.4. The van der Waals surface area contributed by atoms with Crippen molar-refractivity contribution >= 4 is 5.96 Å². The molecule has 1 aromatic heterocycles. The number of nitrogens with one attached hydrogen (secondary N) is 2. The summed E-state index contributed by atoms with van der Waals surface area (Å²) in [5.74, 6) is 1.68. The Bertz CT molecular complexity index is 781. The van der Waals surface area contributed by atoms with Crippen molar-refractivity contribution < 1.29 is 4.74 Å². The van der Waals surface area contributed by atoms with Crippen LogP contribution < -0.4 is 15.4 Å². The number of aliphatic imine (C=N–C) groups is 1. The van der Waals surface area contributed by atoms with Gasteiger partial charge in [0.2, 0.25) is 0 Å². The van der Waals surface area contributed by atoms with Crippen molar-refractivity contribution in [3.63, 3.8) is 0 Å². The van der Waals surface area contributed by atoms with Gasteiger partial charge < -0.3 is 20.3 Å². The molecule has 1 aromatic carbocycles.